The Hall–Kier alpha value is -3.78. The molecule has 5 rings (SSSR count). The minimum Gasteiger partial charge on any atom is -0.385 e. The molecule has 1 fully saturated rings. The number of benzene rings is 2. The van der Waals surface area contributed by atoms with Gasteiger partial charge in [0.1, 0.15) is 0 Å². The maximum absolute atomic E-state index is 12.5. The average molecular weight is 458 g/mol. The van der Waals surface area contributed by atoms with Crippen molar-refractivity contribution in [3.63, 3.8) is 0 Å². The van der Waals surface area contributed by atoms with Crippen molar-refractivity contribution in [3.8, 4) is 11.1 Å². The number of oxime groups is 1. The lowest BCUT2D eigenvalue weighted by Crippen LogP contribution is -2.42. The van der Waals surface area contributed by atoms with E-state index in [9.17, 15) is 4.79 Å². The maximum Gasteiger partial charge on any atom is 0.263 e. The number of carbonyl (C=O) groups is 1. The predicted molar refractivity (Wildman–Crippen MR) is 129 cm³/mol. The summed E-state index contributed by atoms with van der Waals surface area (Å²) < 4.78 is 5.31. The van der Waals surface area contributed by atoms with E-state index in [0.29, 0.717) is 32.7 Å². The third-order valence-corrected chi connectivity index (χ3v) is 6.29. The molecule has 0 radical (unpaired) electrons. The summed E-state index contributed by atoms with van der Waals surface area (Å²) in [7, 11) is 0. The number of rotatable bonds is 5. The SMILES string of the molecule is Nc1ncc2c(n1)CC(c1ccccc1-c1ccccc1)C/C2=N\OCC(=O)N1CCOCC1. The number of anilines is 1. The highest BCUT2D eigenvalue weighted by molar-refractivity contribution is 6.02. The molecule has 2 heterocycles. The van der Waals surface area contributed by atoms with Crippen molar-refractivity contribution < 1.29 is 14.4 Å². The second-order valence-corrected chi connectivity index (χ2v) is 8.45. The minimum atomic E-state index is -0.111. The van der Waals surface area contributed by atoms with Gasteiger partial charge in [0.15, 0.2) is 6.61 Å². The van der Waals surface area contributed by atoms with Gasteiger partial charge >= 0.3 is 0 Å². The van der Waals surface area contributed by atoms with Crippen LogP contribution in [-0.2, 0) is 20.8 Å². The molecule has 8 heteroatoms. The molecule has 1 amide bonds. The molecule has 0 bridgehead atoms. The summed E-state index contributed by atoms with van der Waals surface area (Å²) in [6, 6.07) is 18.7. The Labute approximate surface area is 198 Å². The first kappa shape index (κ1) is 22.0. The van der Waals surface area contributed by atoms with Crippen molar-refractivity contribution in [2.45, 2.75) is 18.8 Å². The van der Waals surface area contributed by atoms with Gasteiger partial charge in [-0.2, -0.15) is 0 Å². The Balaban J connectivity index is 1.41. The van der Waals surface area contributed by atoms with Gasteiger partial charge in [0.25, 0.3) is 5.91 Å². The number of hydrogen-bond donors (Lipinski definition) is 1. The van der Waals surface area contributed by atoms with Crippen LogP contribution in [0.4, 0.5) is 5.95 Å². The summed E-state index contributed by atoms with van der Waals surface area (Å²) in [6.45, 7) is 2.14. The molecule has 2 aliphatic rings. The lowest BCUT2D eigenvalue weighted by Gasteiger charge is -2.27. The molecular weight excluding hydrogens is 430 g/mol. The van der Waals surface area contributed by atoms with Gasteiger partial charge in [-0.25, -0.2) is 9.97 Å². The van der Waals surface area contributed by atoms with Crippen LogP contribution in [0.1, 0.15) is 29.2 Å². The molecule has 34 heavy (non-hydrogen) atoms. The highest BCUT2D eigenvalue weighted by Crippen LogP contribution is 2.37. The number of aromatic nitrogens is 2. The Morgan fingerprint density at radius 2 is 1.82 bits per heavy atom. The number of morpholine rings is 1. The summed E-state index contributed by atoms with van der Waals surface area (Å²) in [5.41, 5.74) is 11.9. The summed E-state index contributed by atoms with van der Waals surface area (Å²) in [5, 5.41) is 4.38. The molecule has 2 N–H and O–H groups in total. The Kier molecular flexibility index (Phi) is 6.49. The zero-order chi connectivity index (χ0) is 23.3. The topological polar surface area (TPSA) is 103 Å². The van der Waals surface area contributed by atoms with Crippen LogP contribution < -0.4 is 5.73 Å². The van der Waals surface area contributed by atoms with E-state index in [1.165, 1.54) is 11.1 Å². The monoisotopic (exact) mass is 457 g/mol. The highest BCUT2D eigenvalue weighted by atomic mass is 16.6. The van der Waals surface area contributed by atoms with E-state index >= 15 is 0 Å². The normalized spacial score (nSPS) is 19.0. The Morgan fingerprint density at radius 1 is 1.06 bits per heavy atom. The van der Waals surface area contributed by atoms with E-state index < -0.39 is 0 Å². The van der Waals surface area contributed by atoms with Gasteiger partial charge in [-0.3, -0.25) is 4.79 Å². The van der Waals surface area contributed by atoms with Gasteiger partial charge in [-0.15, -0.1) is 0 Å². The molecule has 0 spiro atoms. The largest absolute Gasteiger partial charge is 0.385 e. The van der Waals surface area contributed by atoms with Crippen molar-refractivity contribution >= 4 is 17.6 Å². The van der Waals surface area contributed by atoms with E-state index in [-0.39, 0.29) is 24.4 Å². The van der Waals surface area contributed by atoms with E-state index in [0.717, 1.165) is 29.0 Å². The number of ether oxygens (including phenoxy) is 1. The molecule has 1 aromatic heterocycles. The van der Waals surface area contributed by atoms with E-state index in [4.69, 9.17) is 15.3 Å². The van der Waals surface area contributed by atoms with Crippen molar-refractivity contribution in [2.75, 3.05) is 38.6 Å². The van der Waals surface area contributed by atoms with Gasteiger partial charge in [0.2, 0.25) is 5.95 Å². The molecule has 0 saturated carbocycles. The first-order chi connectivity index (χ1) is 16.7. The van der Waals surface area contributed by atoms with Crippen LogP contribution in [0.25, 0.3) is 11.1 Å². The van der Waals surface area contributed by atoms with Crippen molar-refractivity contribution in [3.05, 3.63) is 77.6 Å². The zero-order valence-corrected chi connectivity index (χ0v) is 18.9. The van der Waals surface area contributed by atoms with Crippen LogP contribution >= 0.6 is 0 Å². The lowest BCUT2D eigenvalue weighted by molar-refractivity contribution is -0.140. The fourth-order valence-electron chi connectivity index (χ4n) is 4.59. The van der Waals surface area contributed by atoms with E-state index in [2.05, 4.69) is 51.5 Å². The van der Waals surface area contributed by atoms with Crippen LogP contribution in [-0.4, -0.2) is 59.4 Å². The Morgan fingerprint density at radius 3 is 2.65 bits per heavy atom. The molecule has 8 nitrogen and oxygen atoms in total. The molecule has 1 atom stereocenters. The van der Waals surface area contributed by atoms with Crippen LogP contribution in [0, 0.1) is 0 Å². The van der Waals surface area contributed by atoms with E-state index in [1.54, 1.807) is 11.1 Å². The summed E-state index contributed by atoms with van der Waals surface area (Å²) in [4.78, 5) is 28.4. The number of carbonyl (C=O) groups excluding carboxylic acids is 1. The van der Waals surface area contributed by atoms with Gasteiger partial charge in [-0.1, -0.05) is 59.8 Å². The first-order valence-electron chi connectivity index (χ1n) is 11.5. The fraction of sp³-hybridized carbons (Fsp3) is 0.308. The zero-order valence-electron chi connectivity index (χ0n) is 18.9. The summed E-state index contributed by atoms with van der Waals surface area (Å²) in [6.07, 6.45) is 3.07. The van der Waals surface area contributed by atoms with Crippen LogP contribution in [0.15, 0.2) is 65.9 Å². The molecule has 174 valence electrons. The molecular formula is C26H27N5O3. The third-order valence-electron chi connectivity index (χ3n) is 6.29. The van der Waals surface area contributed by atoms with E-state index in [1.807, 2.05) is 18.2 Å². The van der Waals surface area contributed by atoms with Gasteiger partial charge < -0.3 is 20.2 Å². The second kappa shape index (κ2) is 10.0. The number of nitrogens with two attached hydrogens (primary N) is 1. The minimum absolute atomic E-state index is 0.0942. The Bertz CT molecular complexity index is 1190. The third kappa shape index (κ3) is 4.77. The molecule has 1 aliphatic carbocycles. The highest BCUT2D eigenvalue weighted by Gasteiger charge is 2.29. The molecule has 1 aliphatic heterocycles. The number of nitrogens with zero attached hydrogens (tertiary/aromatic N) is 4. The lowest BCUT2D eigenvalue weighted by atomic mass is 9.79. The predicted octanol–water partition coefficient (Wildman–Crippen LogP) is 3.04. The van der Waals surface area contributed by atoms with Gasteiger partial charge in [-0.05, 0) is 29.0 Å². The standard InChI is InChI=1S/C26H27N5O3/c27-26-28-16-22-23(29-26)14-19(21-9-5-4-8-20(21)18-6-2-1-3-7-18)15-24(22)30-34-17-25(32)31-10-12-33-13-11-31/h1-9,16,19H,10-15,17H2,(H2,27,28,29)/b30-24+. The summed E-state index contributed by atoms with van der Waals surface area (Å²) >= 11 is 0. The number of nitrogen functional groups attached to an aromatic ring is 1. The quantitative estimate of drug-likeness (QED) is 0.591. The summed E-state index contributed by atoms with van der Waals surface area (Å²) in [5.74, 6) is 0.275. The molecule has 1 unspecified atom stereocenters. The first-order valence-corrected chi connectivity index (χ1v) is 11.5. The van der Waals surface area contributed by atoms with Crippen molar-refractivity contribution in [2.24, 2.45) is 5.16 Å². The van der Waals surface area contributed by atoms with Gasteiger partial charge in [0.05, 0.1) is 24.6 Å². The van der Waals surface area contributed by atoms with Crippen molar-refractivity contribution in [1.29, 1.82) is 0 Å². The fourth-order valence-corrected chi connectivity index (χ4v) is 4.59. The van der Waals surface area contributed by atoms with Crippen molar-refractivity contribution in [1.82, 2.24) is 14.9 Å². The molecule has 3 aromatic rings. The smallest absolute Gasteiger partial charge is 0.263 e. The number of fused-ring (bicyclic) bond motifs is 1. The second-order valence-electron chi connectivity index (χ2n) is 8.45. The van der Waals surface area contributed by atoms with Crippen LogP contribution in [0.3, 0.4) is 0 Å². The molecule has 1 saturated heterocycles. The average Bonchev–Trinajstić information content (AvgIpc) is 2.89. The van der Waals surface area contributed by atoms with Gasteiger partial charge in [0, 0.05) is 31.3 Å². The number of hydrogen-bond acceptors (Lipinski definition) is 7. The number of amides is 1. The van der Waals surface area contributed by atoms with Crippen LogP contribution in [0.2, 0.25) is 0 Å². The molecule has 2 aromatic carbocycles. The maximum atomic E-state index is 12.5. The van der Waals surface area contributed by atoms with Crippen LogP contribution in [0.5, 0.6) is 0 Å².